The molecule has 2 rings (SSSR count). The summed E-state index contributed by atoms with van der Waals surface area (Å²) in [6.45, 7) is 0. The number of anilines is 1. The lowest BCUT2D eigenvalue weighted by molar-refractivity contribution is 0.102. The topological polar surface area (TPSA) is 93.6 Å². The second kappa shape index (κ2) is 4.24. The Balaban J connectivity index is 2.15. The molecule has 0 radical (unpaired) electrons. The van der Waals surface area contributed by atoms with Crippen molar-refractivity contribution in [3.05, 3.63) is 23.2 Å². The van der Waals surface area contributed by atoms with Crippen molar-refractivity contribution in [3.63, 3.8) is 0 Å². The number of halogens is 1. The van der Waals surface area contributed by atoms with Gasteiger partial charge in [-0.2, -0.15) is 0 Å². The predicted octanol–water partition coefficient (Wildman–Crippen LogP) is 0.629. The molecule has 9 heteroatoms. The van der Waals surface area contributed by atoms with Crippen LogP contribution in [0, 0.1) is 0 Å². The van der Waals surface area contributed by atoms with E-state index in [1.165, 1.54) is 12.4 Å². The monoisotopic (exact) mass is 242 g/mol. The van der Waals surface area contributed by atoms with Gasteiger partial charge < -0.3 is 0 Å². The van der Waals surface area contributed by atoms with Crippen molar-refractivity contribution in [2.24, 2.45) is 0 Å². The summed E-state index contributed by atoms with van der Waals surface area (Å²) in [4.78, 5) is 19.0. The van der Waals surface area contributed by atoms with E-state index in [9.17, 15) is 4.79 Å². The van der Waals surface area contributed by atoms with Crippen molar-refractivity contribution < 1.29 is 4.79 Å². The van der Waals surface area contributed by atoms with Gasteiger partial charge in [0, 0.05) is 11.5 Å². The predicted molar refractivity (Wildman–Crippen MR) is 52.7 cm³/mol. The van der Waals surface area contributed by atoms with Crippen LogP contribution in [-0.2, 0) is 0 Å². The van der Waals surface area contributed by atoms with Crippen LogP contribution in [0.4, 0.5) is 5.13 Å². The van der Waals surface area contributed by atoms with Gasteiger partial charge in [0.2, 0.25) is 5.13 Å². The van der Waals surface area contributed by atoms with Crippen LogP contribution in [0.15, 0.2) is 12.4 Å². The molecule has 0 fully saturated rings. The Morgan fingerprint density at radius 2 is 2.33 bits per heavy atom. The molecule has 0 spiro atoms. The van der Waals surface area contributed by atoms with Crippen molar-refractivity contribution in [2.45, 2.75) is 0 Å². The summed E-state index contributed by atoms with van der Waals surface area (Å²) in [5, 5.41) is 9.77. The first kappa shape index (κ1) is 9.87. The highest BCUT2D eigenvalue weighted by molar-refractivity contribution is 7.09. The molecular weight excluding hydrogens is 240 g/mol. The molecular formula is C6H3ClN6OS. The fraction of sp³-hybridized carbons (Fsp3) is 0. The average Bonchev–Trinajstić information content (AvgIpc) is 2.70. The highest BCUT2D eigenvalue weighted by atomic mass is 35.5. The molecule has 2 aromatic rings. The molecule has 0 atom stereocenters. The second-order valence-electron chi connectivity index (χ2n) is 2.35. The zero-order chi connectivity index (χ0) is 10.7. The minimum absolute atomic E-state index is 0.109. The van der Waals surface area contributed by atoms with E-state index in [1.807, 2.05) is 0 Å². The van der Waals surface area contributed by atoms with E-state index in [-0.39, 0.29) is 10.8 Å². The van der Waals surface area contributed by atoms with Crippen molar-refractivity contribution in [1.82, 2.24) is 24.8 Å². The Labute approximate surface area is 92.7 Å². The number of nitrogens with zero attached hydrogens (tertiary/aromatic N) is 5. The van der Waals surface area contributed by atoms with E-state index in [0.29, 0.717) is 5.13 Å². The van der Waals surface area contributed by atoms with E-state index in [4.69, 9.17) is 11.6 Å². The molecule has 0 aliphatic rings. The maximum Gasteiger partial charge on any atom is 0.277 e. The molecule has 1 amide bonds. The summed E-state index contributed by atoms with van der Waals surface area (Å²) < 4.78 is 3.49. The first-order valence-electron chi connectivity index (χ1n) is 3.69. The zero-order valence-corrected chi connectivity index (χ0v) is 8.66. The number of carbonyl (C=O) groups is 1. The molecule has 0 bridgehead atoms. The molecule has 0 saturated carbocycles. The summed E-state index contributed by atoms with van der Waals surface area (Å²) >= 11 is 6.54. The van der Waals surface area contributed by atoms with Gasteiger partial charge in [0.25, 0.3) is 5.91 Å². The third-order valence-electron chi connectivity index (χ3n) is 1.36. The highest BCUT2D eigenvalue weighted by Gasteiger charge is 2.10. The molecule has 0 saturated heterocycles. The minimum Gasteiger partial charge on any atom is -0.294 e. The van der Waals surface area contributed by atoms with E-state index in [2.05, 4.69) is 30.1 Å². The third kappa shape index (κ3) is 2.42. The molecule has 0 aromatic carbocycles. The number of hydrogen-bond acceptors (Lipinski definition) is 7. The van der Waals surface area contributed by atoms with Crippen LogP contribution in [0.25, 0.3) is 0 Å². The third-order valence-corrected chi connectivity index (χ3v) is 2.05. The van der Waals surface area contributed by atoms with Crippen LogP contribution in [0.5, 0.6) is 0 Å². The molecule has 7 nitrogen and oxygen atoms in total. The van der Waals surface area contributed by atoms with Gasteiger partial charge in [-0.05, 0) is 5.21 Å². The maximum absolute atomic E-state index is 11.5. The van der Waals surface area contributed by atoms with E-state index in [0.717, 1.165) is 11.5 Å². The molecule has 2 heterocycles. The molecule has 0 aliphatic heterocycles. The Morgan fingerprint density at radius 1 is 1.47 bits per heavy atom. The minimum atomic E-state index is -0.455. The quantitative estimate of drug-likeness (QED) is 0.830. The number of aromatic nitrogens is 5. The van der Waals surface area contributed by atoms with Gasteiger partial charge in [-0.15, -0.1) is 0 Å². The van der Waals surface area contributed by atoms with Crippen LogP contribution in [0.2, 0.25) is 5.15 Å². The number of hydrogen-bond donors (Lipinski definition) is 1. The van der Waals surface area contributed by atoms with Gasteiger partial charge in [0.05, 0.1) is 12.4 Å². The normalized spacial score (nSPS) is 9.93. The number of nitrogens with one attached hydrogen (secondary N) is 1. The van der Waals surface area contributed by atoms with Gasteiger partial charge in [-0.25, -0.2) is 4.98 Å². The van der Waals surface area contributed by atoms with Crippen LogP contribution in [0.1, 0.15) is 10.5 Å². The Hall–Kier alpha value is -1.67. The smallest absolute Gasteiger partial charge is 0.277 e. The van der Waals surface area contributed by atoms with Gasteiger partial charge in [-0.3, -0.25) is 15.1 Å². The SMILES string of the molecule is O=C(Nc1nnns1)c1cncc(Cl)n1. The second-order valence-corrected chi connectivity index (χ2v) is 3.47. The molecule has 2 aromatic heterocycles. The molecule has 0 unspecified atom stereocenters. The molecule has 76 valence electrons. The Bertz CT molecular complexity index is 474. The first-order chi connectivity index (χ1) is 7.25. The summed E-state index contributed by atoms with van der Waals surface area (Å²) in [7, 11) is 0. The average molecular weight is 243 g/mol. The van der Waals surface area contributed by atoms with Crippen LogP contribution in [0.3, 0.4) is 0 Å². The molecule has 1 N–H and O–H groups in total. The molecule has 15 heavy (non-hydrogen) atoms. The largest absolute Gasteiger partial charge is 0.294 e. The molecule has 0 aliphatic carbocycles. The Kier molecular flexibility index (Phi) is 2.79. The van der Waals surface area contributed by atoms with Crippen molar-refractivity contribution >= 4 is 34.2 Å². The fourth-order valence-electron chi connectivity index (χ4n) is 0.795. The zero-order valence-electron chi connectivity index (χ0n) is 7.09. The van der Waals surface area contributed by atoms with Crippen molar-refractivity contribution in [3.8, 4) is 0 Å². The van der Waals surface area contributed by atoms with Crippen molar-refractivity contribution in [1.29, 1.82) is 0 Å². The van der Waals surface area contributed by atoms with Crippen molar-refractivity contribution in [2.75, 3.05) is 5.32 Å². The van der Waals surface area contributed by atoms with E-state index in [1.54, 1.807) is 0 Å². The highest BCUT2D eigenvalue weighted by Crippen LogP contribution is 2.08. The van der Waals surface area contributed by atoms with E-state index < -0.39 is 5.91 Å². The maximum atomic E-state index is 11.5. The summed E-state index contributed by atoms with van der Waals surface area (Å²) in [5.41, 5.74) is 0.109. The lowest BCUT2D eigenvalue weighted by atomic mass is 10.4. The number of rotatable bonds is 2. The van der Waals surface area contributed by atoms with E-state index >= 15 is 0 Å². The lowest BCUT2D eigenvalue weighted by Crippen LogP contribution is -2.13. The number of amides is 1. The summed E-state index contributed by atoms with van der Waals surface area (Å²) in [6.07, 6.45) is 2.64. The summed E-state index contributed by atoms with van der Waals surface area (Å²) in [6, 6.07) is 0. The Morgan fingerprint density at radius 3 is 3.00 bits per heavy atom. The first-order valence-corrected chi connectivity index (χ1v) is 4.85. The van der Waals surface area contributed by atoms with Crippen LogP contribution >= 0.6 is 23.1 Å². The van der Waals surface area contributed by atoms with Crippen LogP contribution in [-0.4, -0.2) is 30.7 Å². The van der Waals surface area contributed by atoms with Gasteiger partial charge in [0.15, 0.2) is 0 Å². The van der Waals surface area contributed by atoms with Crippen LogP contribution < -0.4 is 5.32 Å². The summed E-state index contributed by atoms with van der Waals surface area (Å²) in [5.74, 6) is -0.455. The number of carbonyl (C=O) groups excluding carboxylic acids is 1. The van der Waals surface area contributed by atoms with Gasteiger partial charge >= 0.3 is 0 Å². The fourth-order valence-corrected chi connectivity index (χ4v) is 1.30. The lowest BCUT2D eigenvalue weighted by Gasteiger charge is -1.98. The van der Waals surface area contributed by atoms with Gasteiger partial charge in [-0.1, -0.05) is 21.2 Å². The standard InChI is InChI=1S/C6H3ClN6OS/c7-4-2-8-1-3(9-4)5(14)10-6-11-12-13-15-6/h1-2H,(H,10,11,13,14). The van der Waals surface area contributed by atoms with Gasteiger partial charge in [0.1, 0.15) is 10.8 Å².